The summed E-state index contributed by atoms with van der Waals surface area (Å²) in [4.78, 5) is 10.1. The molecule has 1 fully saturated rings. The van der Waals surface area contributed by atoms with Crippen molar-refractivity contribution in [2.45, 2.75) is 45.2 Å². The molecule has 0 saturated carbocycles. The van der Waals surface area contributed by atoms with Gasteiger partial charge in [0.25, 0.3) is 0 Å². The Hall–Kier alpha value is -2.85. The Morgan fingerprint density at radius 2 is 1.47 bits per heavy atom. The maximum Gasteiger partial charge on any atom is 0.416 e. The van der Waals surface area contributed by atoms with Crippen LogP contribution in [0.25, 0.3) is 0 Å². The van der Waals surface area contributed by atoms with Gasteiger partial charge in [0.2, 0.25) is 0 Å². The molecule has 1 N–H and O–H groups in total. The third-order valence-electron chi connectivity index (χ3n) is 5.40. The van der Waals surface area contributed by atoms with Crippen molar-refractivity contribution >= 4 is 17.4 Å². The zero-order chi connectivity index (χ0) is 26.5. The van der Waals surface area contributed by atoms with Gasteiger partial charge >= 0.3 is 12.4 Å². The number of rotatable bonds is 4. The summed E-state index contributed by atoms with van der Waals surface area (Å²) in [6, 6.07) is 14.2. The maximum absolute atomic E-state index is 12.9. The van der Waals surface area contributed by atoms with Gasteiger partial charge in [0.15, 0.2) is 0 Å². The lowest BCUT2D eigenvalue weighted by molar-refractivity contribution is -0.138. The van der Waals surface area contributed by atoms with E-state index in [9.17, 15) is 26.3 Å². The molecule has 1 atom stereocenters. The zero-order valence-electron chi connectivity index (χ0n) is 19.6. The fourth-order valence-electron chi connectivity index (χ4n) is 3.84. The van der Waals surface area contributed by atoms with Crippen LogP contribution in [0, 0.1) is 13.8 Å². The molecule has 1 aliphatic rings. The van der Waals surface area contributed by atoms with Crippen molar-refractivity contribution in [3.8, 4) is 0 Å². The number of nitrogens with zero attached hydrogens (tertiary/aromatic N) is 3. The molecule has 3 aromatic rings. The summed E-state index contributed by atoms with van der Waals surface area (Å²) in [6.07, 6.45) is -7.81. The number of likely N-dealkylation sites (tertiary alicyclic amines) is 1. The van der Waals surface area contributed by atoms with Gasteiger partial charge in [-0.25, -0.2) is 9.97 Å². The van der Waals surface area contributed by atoms with Crippen molar-refractivity contribution in [1.29, 1.82) is 0 Å². The van der Waals surface area contributed by atoms with Gasteiger partial charge in [0.1, 0.15) is 11.0 Å². The SMILES string of the molecule is Cc1cc(C(F)(F)F)cc(Cl)n1.Cc1cc(C(F)(F)F)cc(N[C@H]2CCN(Cc3ccccc3)C2)n1. The average molecular weight is 531 g/mol. The molecule has 2 aromatic heterocycles. The van der Waals surface area contributed by atoms with Crippen LogP contribution in [0.3, 0.4) is 0 Å². The highest BCUT2D eigenvalue weighted by atomic mass is 35.5. The molecule has 0 bridgehead atoms. The molecule has 0 unspecified atom stereocenters. The molecule has 1 aromatic carbocycles. The molecule has 1 aliphatic heterocycles. The first kappa shape index (κ1) is 27.7. The number of benzene rings is 1. The first-order valence-corrected chi connectivity index (χ1v) is 11.5. The quantitative estimate of drug-likeness (QED) is 0.287. The van der Waals surface area contributed by atoms with Gasteiger partial charge in [-0.1, -0.05) is 41.9 Å². The molecule has 4 nitrogen and oxygen atoms in total. The molecule has 3 heterocycles. The molecule has 0 radical (unpaired) electrons. The van der Waals surface area contributed by atoms with Crippen molar-refractivity contribution in [1.82, 2.24) is 14.9 Å². The van der Waals surface area contributed by atoms with Crippen LogP contribution >= 0.6 is 11.6 Å². The number of nitrogens with one attached hydrogen (secondary N) is 1. The summed E-state index contributed by atoms with van der Waals surface area (Å²) in [7, 11) is 0. The number of aromatic nitrogens is 2. The van der Waals surface area contributed by atoms with Crippen molar-refractivity contribution in [2.24, 2.45) is 0 Å². The van der Waals surface area contributed by atoms with Gasteiger partial charge in [-0.3, -0.25) is 4.90 Å². The van der Waals surface area contributed by atoms with Crippen molar-refractivity contribution < 1.29 is 26.3 Å². The van der Waals surface area contributed by atoms with Crippen LogP contribution in [0.2, 0.25) is 5.15 Å². The van der Waals surface area contributed by atoms with E-state index in [1.807, 2.05) is 18.2 Å². The number of hydrogen-bond donors (Lipinski definition) is 1. The van der Waals surface area contributed by atoms with Gasteiger partial charge in [0, 0.05) is 37.1 Å². The van der Waals surface area contributed by atoms with Gasteiger partial charge in [-0.15, -0.1) is 0 Å². The summed E-state index contributed by atoms with van der Waals surface area (Å²) in [5.41, 5.74) is 0.448. The van der Waals surface area contributed by atoms with Crippen LogP contribution in [0.1, 0.15) is 34.5 Å². The molecule has 194 valence electrons. The van der Waals surface area contributed by atoms with Crippen LogP contribution in [0.4, 0.5) is 32.2 Å². The fraction of sp³-hybridized carbons (Fsp3) is 0.360. The molecular formula is C25H25ClF6N4. The van der Waals surface area contributed by atoms with E-state index < -0.39 is 23.5 Å². The second kappa shape index (κ2) is 11.5. The maximum atomic E-state index is 12.9. The van der Waals surface area contributed by atoms with E-state index in [2.05, 4.69) is 32.3 Å². The molecule has 1 saturated heterocycles. The number of alkyl halides is 6. The predicted octanol–water partition coefficient (Wildman–Crippen LogP) is 7.16. The van der Waals surface area contributed by atoms with E-state index >= 15 is 0 Å². The normalized spacial score (nSPS) is 16.4. The third-order valence-corrected chi connectivity index (χ3v) is 5.60. The van der Waals surface area contributed by atoms with Crippen molar-refractivity contribution in [2.75, 3.05) is 18.4 Å². The van der Waals surface area contributed by atoms with E-state index in [-0.39, 0.29) is 16.9 Å². The van der Waals surface area contributed by atoms with Gasteiger partial charge in [0.05, 0.1) is 11.1 Å². The Balaban J connectivity index is 0.000000253. The number of halogens is 7. The second-order valence-corrected chi connectivity index (χ2v) is 8.94. The van der Waals surface area contributed by atoms with E-state index in [0.29, 0.717) is 11.5 Å². The highest BCUT2D eigenvalue weighted by Gasteiger charge is 2.32. The Morgan fingerprint density at radius 3 is 2.06 bits per heavy atom. The van der Waals surface area contributed by atoms with Crippen LogP contribution < -0.4 is 5.32 Å². The Bertz CT molecular complexity index is 1130. The minimum atomic E-state index is -4.35. The first-order valence-electron chi connectivity index (χ1n) is 11.1. The highest BCUT2D eigenvalue weighted by molar-refractivity contribution is 6.29. The number of pyridine rings is 2. The number of hydrogen-bond acceptors (Lipinski definition) is 4. The van der Waals surface area contributed by atoms with Gasteiger partial charge in [-0.05, 0) is 50.1 Å². The Morgan fingerprint density at radius 1 is 0.889 bits per heavy atom. The number of anilines is 1. The minimum Gasteiger partial charge on any atom is -0.366 e. The molecule has 11 heteroatoms. The molecule has 0 spiro atoms. The van der Waals surface area contributed by atoms with Crippen LogP contribution in [0.5, 0.6) is 0 Å². The average Bonchev–Trinajstić information content (AvgIpc) is 3.19. The molecular weight excluding hydrogens is 506 g/mol. The number of aryl methyl sites for hydroxylation is 2. The van der Waals surface area contributed by atoms with Crippen molar-refractivity contribution in [3.05, 3.63) is 87.8 Å². The van der Waals surface area contributed by atoms with E-state index in [1.54, 1.807) is 6.92 Å². The lowest BCUT2D eigenvalue weighted by Crippen LogP contribution is -2.26. The predicted molar refractivity (Wildman–Crippen MR) is 127 cm³/mol. The Labute approximate surface area is 210 Å². The van der Waals surface area contributed by atoms with Gasteiger partial charge in [-0.2, -0.15) is 26.3 Å². The molecule has 4 rings (SSSR count). The first-order chi connectivity index (χ1) is 16.8. The molecule has 36 heavy (non-hydrogen) atoms. The van der Waals surface area contributed by atoms with E-state index in [4.69, 9.17) is 11.6 Å². The van der Waals surface area contributed by atoms with E-state index in [1.165, 1.54) is 12.5 Å². The van der Waals surface area contributed by atoms with Gasteiger partial charge < -0.3 is 5.32 Å². The summed E-state index contributed by atoms with van der Waals surface area (Å²) >= 11 is 5.35. The minimum absolute atomic E-state index is 0.115. The zero-order valence-corrected chi connectivity index (χ0v) is 20.3. The van der Waals surface area contributed by atoms with Crippen LogP contribution in [0.15, 0.2) is 54.6 Å². The van der Waals surface area contributed by atoms with E-state index in [0.717, 1.165) is 50.3 Å². The van der Waals surface area contributed by atoms with Crippen LogP contribution in [-0.4, -0.2) is 34.0 Å². The summed E-state index contributed by atoms with van der Waals surface area (Å²) < 4.78 is 74.9. The Kier molecular flexibility index (Phi) is 8.84. The van der Waals surface area contributed by atoms with Crippen LogP contribution in [-0.2, 0) is 18.9 Å². The smallest absolute Gasteiger partial charge is 0.366 e. The lowest BCUT2D eigenvalue weighted by Gasteiger charge is -2.18. The summed E-state index contributed by atoms with van der Waals surface area (Å²) in [5.74, 6) is 0.300. The highest BCUT2D eigenvalue weighted by Crippen LogP contribution is 2.32. The van der Waals surface area contributed by atoms with Crippen molar-refractivity contribution in [3.63, 3.8) is 0 Å². The molecule has 0 amide bonds. The third kappa shape index (κ3) is 8.37. The second-order valence-electron chi connectivity index (χ2n) is 8.55. The topological polar surface area (TPSA) is 41.1 Å². The standard InChI is InChI=1S/C18H20F3N3.C7H5ClF3N/c1-13-9-15(18(19,20)21)10-17(22-13)23-16-7-8-24(12-16)11-14-5-3-2-4-6-14;1-4-2-5(7(9,10)11)3-6(8)12-4/h2-6,9-10,16H,7-8,11-12H2,1H3,(H,22,23);2-3H,1H3/t16-;/m0./s1. The lowest BCUT2D eigenvalue weighted by atomic mass is 10.2. The summed E-state index contributed by atoms with van der Waals surface area (Å²) in [6.45, 7) is 5.61. The monoisotopic (exact) mass is 530 g/mol. The fourth-order valence-corrected chi connectivity index (χ4v) is 4.09. The largest absolute Gasteiger partial charge is 0.416 e. The summed E-state index contributed by atoms with van der Waals surface area (Å²) in [5, 5.41) is 3.02. The molecule has 0 aliphatic carbocycles.